The molecule has 0 rings (SSSR count). The molecular formula is C13H31NO7P2. The minimum absolute atomic E-state index is 0.148. The summed E-state index contributed by atoms with van der Waals surface area (Å²) in [5.41, 5.74) is -2.30. The van der Waals surface area contributed by atoms with Gasteiger partial charge in [-0.05, 0) is 20.5 Å². The molecule has 0 radical (unpaired) electrons. The van der Waals surface area contributed by atoms with Gasteiger partial charge in [0.05, 0.1) is 0 Å². The van der Waals surface area contributed by atoms with Crippen molar-refractivity contribution in [3.05, 3.63) is 0 Å². The van der Waals surface area contributed by atoms with Crippen molar-refractivity contribution in [1.82, 2.24) is 4.90 Å². The van der Waals surface area contributed by atoms with Crippen LogP contribution >= 0.6 is 15.4 Å². The molecule has 0 heterocycles. The molecule has 140 valence electrons. The lowest BCUT2D eigenvalue weighted by atomic mass is 10.1. The van der Waals surface area contributed by atoms with Crippen molar-refractivity contribution in [3.8, 4) is 0 Å². The Bertz CT molecular complexity index is 421. The van der Waals surface area contributed by atoms with Crippen molar-refractivity contribution in [2.75, 3.05) is 14.1 Å². The Kier molecular flexibility index (Phi) is 10.4. The smallest absolute Gasteiger partial charge is 0.321 e. The third-order valence-electron chi connectivity index (χ3n) is 3.78. The second-order valence-electron chi connectivity index (χ2n) is 5.99. The average Bonchev–Trinajstić information content (AvgIpc) is 2.37. The van der Waals surface area contributed by atoms with E-state index in [1.165, 1.54) is 33.4 Å². The lowest BCUT2D eigenvalue weighted by molar-refractivity contribution is -0.0328. The van der Waals surface area contributed by atoms with Crippen LogP contribution in [0.5, 0.6) is 0 Å². The van der Waals surface area contributed by atoms with Gasteiger partial charge in [0.1, 0.15) is 0 Å². The van der Waals surface area contributed by atoms with Gasteiger partial charge in [-0.15, -0.1) is 0 Å². The quantitative estimate of drug-likeness (QED) is 0.220. The highest BCUT2D eigenvalue weighted by molar-refractivity contribution is 7.54. The zero-order valence-corrected chi connectivity index (χ0v) is 16.0. The predicted molar refractivity (Wildman–Crippen MR) is 88.8 cm³/mol. The topological polar surface area (TPSA) is 128 Å². The summed E-state index contributed by atoms with van der Waals surface area (Å²) in [4.78, 5) is 38.2. The number of unbranched alkanes of at least 4 members (excludes halogenated alkanes) is 7. The number of phosphoric ester groups is 1. The van der Waals surface area contributed by atoms with Crippen LogP contribution in [-0.2, 0) is 13.7 Å². The number of phosphoric acid groups is 1. The van der Waals surface area contributed by atoms with Crippen LogP contribution in [0.4, 0.5) is 0 Å². The molecule has 0 aliphatic heterocycles. The molecule has 4 N–H and O–H groups in total. The summed E-state index contributed by atoms with van der Waals surface area (Å²) in [6.45, 7) is 2.14. The second kappa shape index (κ2) is 10.3. The Balaban J connectivity index is 4.61. The fourth-order valence-electron chi connectivity index (χ4n) is 2.49. The van der Waals surface area contributed by atoms with E-state index in [-0.39, 0.29) is 6.42 Å². The number of hydrogen-bond acceptors (Lipinski definition) is 4. The van der Waals surface area contributed by atoms with Gasteiger partial charge in [0, 0.05) is 6.42 Å². The van der Waals surface area contributed by atoms with Gasteiger partial charge in [0.2, 0.25) is 5.47 Å². The van der Waals surface area contributed by atoms with E-state index in [9.17, 15) is 18.9 Å². The minimum atomic E-state index is -5.05. The zero-order valence-electron chi connectivity index (χ0n) is 14.2. The number of rotatable bonds is 13. The molecular weight excluding hydrogens is 344 g/mol. The van der Waals surface area contributed by atoms with Crippen LogP contribution in [-0.4, -0.2) is 44.0 Å². The van der Waals surface area contributed by atoms with Crippen molar-refractivity contribution in [3.63, 3.8) is 0 Å². The maximum atomic E-state index is 11.8. The first-order valence-corrected chi connectivity index (χ1v) is 11.1. The normalized spacial score (nSPS) is 15.8. The molecule has 0 aliphatic rings. The van der Waals surface area contributed by atoms with Crippen molar-refractivity contribution in [1.29, 1.82) is 0 Å². The third kappa shape index (κ3) is 8.75. The molecule has 0 aromatic rings. The molecule has 23 heavy (non-hydrogen) atoms. The molecule has 0 saturated heterocycles. The van der Waals surface area contributed by atoms with Crippen LogP contribution in [0.1, 0.15) is 64.7 Å². The Labute approximate surface area is 138 Å². The predicted octanol–water partition coefficient (Wildman–Crippen LogP) is 3.02. The molecule has 0 bridgehead atoms. The average molecular weight is 375 g/mol. The van der Waals surface area contributed by atoms with Gasteiger partial charge in [0.25, 0.3) is 0 Å². The zero-order chi connectivity index (χ0) is 18.1. The highest BCUT2D eigenvalue weighted by Gasteiger charge is 2.53. The molecule has 0 fully saturated rings. The minimum Gasteiger partial charge on any atom is -0.321 e. The largest absolute Gasteiger partial charge is 0.471 e. The summed E-state index contributed by atoms with van der Waals surface area (Å²) in [7, 11) is -7.30. The number of nitrogens with zero attached hydrogens (tertiary/aromatic N) is 1. The molecule has 10 heteroatoms. The fourth-order valence-corrected chi connectivity index (χ4v) is 4.84. The van der Waals surface area contributed by atoms with E-state index in [4.69, 9.17) is 9.79 Å². The van der Waals surface area contributed by atoms with E-state index < -0.39 is 20.9 Å². The summed E-state index contributed by atoms with van der Waals surface area (Å²) >= 11 is 0. The Morgan fingerprint density at radius 2 is 1.30 bits per heavy atom. The Morgan fingerprint density at radius 3 is 1.65 bits per heavy atom. The van der Waals surface area contributed by atoms with Gasteiger partial charge in [-0.3, -0.25) is 14.0 Å². The van der Waals surface area contributed by atoms with Crippen LogP contribution in [0.25, 0.3) is 0 Å². The Morgan fingerprint density at radius 1 is 0.870 bits per heavy atom. The second-order valence-corrected chi connectivity index (χ2v) is 8.94. The molecule has 0 aliphatic carbocycles. The van der Waals surface area contributed by atoms with Crippen LogP contribution in [0.2, 0.25) is 0 Å². The van der Waals surface area contributed by atoms with Crippen LogP contribution < -0.4 is 0 Å². The van der Waals surface area contributed by atoms with Crippen molar-refractivity contribution in [2.24, 2.45) is 0 Å². The molecule has 0 aromatic carbocycles. The van der Waals surface area contributed by atoms with Crippen LogP contribution in [0.3, 0.4) is 0 Å². The molecule has 8 nitrogen and oxygen atoms in total. The van der Waals surface area contributed by atoms with Gasteiger partial charge >= 0.3 is 15.4 Å². The van der Waals surface area contributed by atoms with Crippen LogP contribution in [0.15, 0.2) is 0 Å². The van der Waals surface area contributed by atoms with Gasteiger partial charge in [0.15, 0.2) is 0 Å². The highest BCUT2D eigenvalue weighted by atomic mass is 31.2. The summed E-state index contributed by atoms with van der Waals surface area (Å²) in [6, 6.07) is 0. The first kappa shape index (κ1) is 23.2. The fraction of sp³-hybridized carbons (Fsp3) is 1.00. The van der Waals surface area contributed by atoms with Gasteiger partial charge in [-0.2, -0.15) is 0 Å². The molecule has 0 spiro atoms. The first-order valence-electron chi connectivity index (χ1n) is 7.95. The third-order valence-corrected chi connectivity index (χ3v) is 6.08. The molecule has 1 atom stereocenters. The van der Waals surface area contributed by atoms with Crippen LogP contribution in [0, 0.1) is 0 Å². The van der Waals surface area contributed by atoms with E-state index >= 15 is 0 Å². The molecule has 0 aromatic heterocycles. The highest BCUT2D eigenvalue weighted by Crippen LogP contribution is 2.61. The summed E-state index contributed by atoms with van der Waals surface area (Å²) in [5, 5.41) is 0. The molecule has 0 amide bonds. The van der Waals surface area contributed by atoms with Gasteiger partial charge < -0.3 is 19.6 Å². The van der Waals surface area contributed by atoms with E-state index in [1.54, 1.807) is 0 Å². The van der Waals surface area contributed by atoms with Gasteiger partial charge in [-0.25, -0.2) is 4.57 Å². The van der Waals surface area contributed by atoms with Crippen molar-refractivity contribution in [2.45, 2.75) is 70.2 Å². The summed E-state index contributed by atoms with van der Waals surface area (Å²) < 4.78 is 27.5. The lowest BCUT2D eigenvalue weighted by Crippen LogP contribution is -2.45. The van der Waals surface area contributed by atoms with E-state index in [0.717, 1.165) is 30.6 Å². The number of hydrogen-bond donors (Lipinski definition) is 4. The lowest BCUT2D eigenvalue weighted by Gasteiger charge is -2.39. The maximum absolute atomic E-state index is 11.8. The Hall–Kier alpha value is 0.220. The molecule has 1 unspecified atom stereocenters. The van der Waals surface area contributed by atoms with Crippen molar-refractivity contribution >= 4 is 15.4 Å². The molecule has 0 saturated carbocycles. The standard InChI is InChI=1S/C13H31NO7P2/c1-4-5-6-7-8-9-10-11-12-13(14(2)3,22(15,16)17)21-23(18,19)20/h4-12H2,1-3H3,(H2,15,16,17)(H2,18,19,20). The monoisotopic (exact) mass is 375 g/mol. The first-order chi connectivity index (χ1) is 10.5. The SMILES string of the molecule is CCCCCCCCCCC(OP(=O)(O)O)(N(C)C)P(=O)(O)O. The van der Waals surface area contributed by atoms with Gasteiger partial charge in [-0.1, -0.05) is 51.9 Å². The van der Waals surface area contributed by atoms with E-state index in [1.807, 2.05) is 0 Å². The van der Waals surface area contributed by atoms with E-state index in [0.29, 0.717) is 6.42 Å². The maximum Gasteiger partial charge on any atom is 0.471 e. The summed E-state index contributed by atoms with van der Waals surface area (Å²) in [6.07, 6.45) is 7.65. The van der Waals surface area contributed by atoms with Crippen molar-refractivity contribution < 1.29 is 33.2 Å². The van der Waals surface area contributed by atoms with E-state index in [2.05, 4.69) is 11.4 Å². The summed E-state index contributed by atoms with van der Waals surface area (Å²) in [5.74, 6) is 0.